The first-order chi connectivity index (χ1) is 11.9. The summed E-state index contributed by atoms with van der Waals surface area (Å²) < 4.78 is 0. The molecule has 2 aromatic heterocycles. The molecule has 24 heavy (non-hydrogen) atoms. The van der Waals surface area contributed by atoms with Gasteiger partial charge in [0.2, 0.25) is 0 Å². The minimum Gasteiger partial charge on any atom is -0.338 e. The van der Waals surface area contributed by atoms with Crippen molar-refractivity contribution in [2.24, 2.45) is 0 Å². The molecule has 3 nitrogen and oxygen atoms in total. The average Bonchev–Trinajstić information content (AvgIpc) is 3.09. The second-order valence-corrected chi connectivity index (χ2v) is 5.62. The van der Waals surface area contributed by atoms with Crippen LogP contribution in [0.25, 0.3) is 28.5 Å². The topological polar surface area (TPSA) is 41.6 Å². The van der Waals surface area contributed by atoms with Crippen molar-refractivity contribution in [2.45, 2.75) is 6.42 Å². The van der Waals surface area contributed by atoms with Crippen molar-refractivity contribution in [3.8, 4) is 11.4 Å². The number of benzene rings is 2. The molecule has 0 unspecified atom stereocenters. The number of rotatable bonds is 4. The molecule has 0 amide bonds. The smallest absolute Gasteiger partial charge is 0.138 e. The normalized spacial score (nSPS) is 11.3. The van der Waals surface area contributed by atoms with E-state index in [9.17, 15) is 0 Å². The van der Waals surface area contributed by atoms with Gasteiger partial charge in [0.05, 0.1) is 11.2 Å². The van der Waals surface area contributed by atoms with Crippen LogP contribution in [0.5, 0.6) is 0 Å². The third-order valence-electron chi connectivity index (χ3n) is 3.95. The van der Waals surface area contributed by atoms with E-state index in [1.165, 1.54) is 5.56 Å². The number of aromatic nitrogens is 3. The maximum atomic E-state index is 4.76. The van der Waals surface area contributed by atoms with E-state index >= 15 is 0 Å². The van der Waals surface area contributed by atoms with Gasteiger partial charge >= 0.3 is 0 Å². The molecule has 116 valence electrons. The lowest BCUT2D eigenvalue weighted by molar-refractivity contribution is 1.13. The first-order valence-corrected chi connectivity index (χ1v) is 8.01. The summed E-state index contributed by atoms with van der Waals surface area (Å²) in [6.07, 6.45) is 6.84. The lowest BCUT2D eigenvalue weighted by Crippen LogP contribution is -1.89. The molecule has 0 spiro atoms. The highest BCUT2D eigenvalue weighted by atomic mass is 14.9. The molecule has 2 heterocycles. The molecule has 4 rings (SSSR count). The zero-order valence-electron chi connectivity index (χ0n) is 13.2. The Labute approximate surface area is 140 Å². The van der Waals surface area contributed by atoms with Crippen molar-refractivity contribution in [2.75, 3.05) is 0 Å². The zero-order chi connectivity index (χ0) is 16.2. The molecule has 0 aliphatic rings. The Bertz CT molecular complexity index is 970. The third-order valence-corrected chi connectivity index (χ3v) is 3.95. The van der Waals surface area contributed by atoms with Crippen LogP contribution in [0, 0.1) is 0 Å². The number of H-pyrrole nitrogens is 1. The van der Waals surface area contributed by atoms with Crippen LogP contribution in [0.3, 0.4) is 0 Å². The average molecular weight is 311 g/mol. The SMILES string of the molecule is C(=Cc1ccccc1)Cc1nccc2[nH]c(-c3ccccc3)nc12. The fourth-order valence-electron chi connectivity index (χ4n) is 2.74. The van der Waals surface area contributed by atoms with Gasteiger partial charge in [-0.25, -0.2) is 4.98 Å². The number of hydrogen-bond donors (Lipinski definition) is 1. The Morgan fingerprint density at radius 3 is 2.42 bits per heavy atom. The van der Waals surface area contributed by atoms with Gasteiger partial charge in [-0.3, -0.25) is 4.98 Å². The van der Waals surface area contributed by atoms with Crippen LogP contribution in [-0.2, 0) is 6.42 Å². The summed E-state index contributed by atoms with van der Waals surface area (Å²) >= 11 is 0. The number of nitrogens with zero attached hydrogens (tertiary/aromatic N) is 2. The van der Waals surface area contributed by atoms with Gasteiger partial charge in [-0.05, 0) is 11.6 Å². The highest BCUT2D eigenvalue weighted by Gasteiger charge is 2.08. The van der Waals surface area contributed by atoms with Crippen LogP contribution in [0.15, 0.2) is 79.0 Å². The van der Waals surface area contributed by atoms with Gasteiger partial charge in [0.1, 0.15) is 11.3 Å². The van der Waals surface area contributed by atoms with Gasteiger partial charge < -0.3 is 4.98 Å². The predicted molar refractivity (Wildman–Crippen MR) is 98.5 cm³/mol. The van der Waals surface area contributed by atoms with Crippen molar-refractivity contribution >= 4 is 17.1 Å². The van der Waals surface area contributed by atoms with Gasteiger partial charge in [-0.15, -0.1) is 0 Å². The van der Waals surface area contributed by atoms with E-state index in [0.29, 0.717) is 0 Å². The van der Waals surface area contributed by atoms with Crippen LogP contribution in [-0.4, -0.2) is 15.0 Å². The van der Waals surface area contributed by atoms with Gasteiger partial charge in [0, 0.05) is 18.2 Å². The second kappa shape index (κ2) is 6.50. The third kappa shape index (κ3) is 2.97. The van der Waals surface area contributed by atoms with Crippen molar-refractivity contribution in [1.29, 1.82) is 0 Å². The van der Waals surface area contributed by atoms with Crippen molar-refractivity contribution in [1.82, 2.24) is 15.0 Å². The summed E-state index contributed by atoms with van der Waals surface area (Å²) in [6.45, 7) is 0. The summed E-state index contributed by atoms with van der Waals surface area (Å²) in [6, 6.07) is 22.4. The summed E-state index contributed by atoms with van der Waals surface area (Å²) in [7, 11) is 0. The van der Waals surface area contributed by atoms with E-state index in [1.54, 1.807) is 0 Å². The molecule has 0 saturated carbocycles. The Hall–Kier alpha value is -3.20. The summed E-state index contributed by atoms with van der Waals surface area (Å²) in [5, 5.41) is 0. The first-order valence-electron chi connectivity index (χ1n) is 8.01. The molecule has 1 N–H and O–H groups in total. The van der Waals surface area contributed by atoms with E-state index in [1.807, 2.05) is 48.7 Å². The maximum Gasteiger partial charge on any atom is 0.138 e. The highest BCUT2D eigenvalue weighted by Crippen LogP contribution is 2.22. The van der Waals surface area contributed by atoms with E-state index in [0.717, 1.165) is 34.5 Å². The second-order valence-electron chi connectivity index (χ2n) is 5.62. The fourth-order valence-corrected chi connectivity index (χ4v) is 2.74. The summed E-state index contributed by atoms with van der Waals surface area (Å²) in [5.41, 5.74) is 5.22. The number of pyridine rings is 1. The molecule has 0 aliphatic carbocycles. The largest absolute Gasteiger partial charge is 0.338 e. The fraction of sp³-hybridized carbons (Fsp3) is 0.0476. The minimum absolute atomic E-state index is 0.755. The lowest BCUT2D eigenvalue weighted by Gasteiger charge is -1.97. The molecule has 4 aromatic rings. The molecule has 0 aliphatic heterocycles. The first kappa shape index (κ1) is 14.4. The Morgan fingerprint density at radius 1 is 0.875 bits per heavy atom. The molecular weight excluding hydrogens is 294 g/mol. The summed E-state index contributed by atoms with van der Waals surface area (Å²) in [5.74, 6) is 0.881. The number of allylic oxidation sites excluding steroid dienone is 1. The van der Waals surface area contributed by atoms with Gasteiger partial charge in [0.15, 0.2) is 0 Å². The van der Waals surface area contributed by atoms with Crippen LogP contribution in [0.1, 0.15) is 11.3 Å². The lowest BCUT2D eigenvalue weighted by atomic mass is 10.1. The van der Waals surface area contributed by atoms with Crippen LogP contribution in [0.2, 0.25) is 0 Å². The van der Waals surface area contributed by atoms with Crippen molar-refractivity contribution < 1.29 is 0 Å². The number of aromatic amines is 1. The molecule has 3 heteroatoms. The number of fused-ring (bicyclic) bond motifs is 1. The number of imidazole rings is 1. The minimum atomic E-state index is 0.755. The van der Waals surface area contributed by atoms with Crippen LogP contribution in [0.4, 0.5) is 0 Å². The van der Waals surface area contributed by atoms with E-state index in [-0.39, 0.29) is 0 Å². The van der Waals surface area contributed by atoms with E-state index in [2.05, 4.69) is 46.4 Å². The van der Waals surface area contributed by atoms with E-state index < -0.39 is 0 Å². The number of hydrogen-bond acceptors (Lipinski definition) is 2. The standard InChI is InChI=1S/C21H17N3/c1-3-8-16(9-4-1)10-7-13-18-20-19(14-15-22-18)23-21(24-20)17-11-5-2-6-12-17/h1-12,14-15H,13H2,(H,23,24). The summed E-state index contributed by atoms with van der Waals surface area (Å²) in [4.78, 5) is 12.7. The Balaban J connectivity index is 1.64. The highest BCUT2D eigenvalue weighted by molar-refractivity contribution is 5.81. The van der Waals surface area contributed by atoms with Gasteiger partial charge in [-0.1, -0.05) is 72.8 Å². The molecule has 0 bridgehead atoms. The molecule has 0 fully saturated rings. The predicted octanol–water partition coefficient (Wildman–Crippen LogP) is 4.88. The maximum absolute atomic E-state index is 4.76. The van der Waals surface area contributed by atoms with Crippen molar-refractivity contribution in [3.05, 3.63) is 90.3 Å². The molecule has 2 aromatic carbocycles. The zero-order valence-corrected chi connectivity index (χ0v) is 13.2. The molecular formula is C21H17N3. The van der Waals surface area contributed by atoms with Gasteiger partial charge in [-0.2, -0.15) is 0 Å². The van der Waals surface area contributed by atoms with Gasteiger partial charge in [0.25, 0.3) is 0 Å². The Morgan fingerprint density at radius 2 is 1.62 bits per heavy atom. The molecule has 0 saturated heterocycles. The molecule has 0 atom stereocenters. The monoisotopic (exact) mass is 311 g/mol. The molecule has 0 radical (unpaired) electrons. The van der Waals surface area contributed by atoms with Crippen molar-refractivity contribution in [3.63, 3.8) is 0 Å². The van der Waals surface area contributed by atoms with E-state index in [4.69, 9.17) is 4.98 Å². The quantitative estimate of drug-likeness (QED) is 0.583. The Kier molecular flexibility index (Phi) is 3.90. The van der Waals surface area contributed by atoms with Crippen LogP contribution < -0.4 is 0 Å². The number of nitrogens with one attached hydrogen (secondary N) is 1. The van der Waals surface area contributed by atoms with Crippen LogP contribution >= 0.6 is 0 Å².